The molecule has 0 radical (unpaired) electrons. The first-order chi connectivity index (χ1) is 9.93. The molecule has 0 fully saturated rings. The summed E-state index contributed by atoms with van der Waals surface area (Å²) in [6, 6.07) is 4.27. The normalized spacial score (nSPS) is 11.9. The molecule has 0 saturated heterocycles. The van der Waals surface area contributed by atoms with Gasteiger partial charge in [-0.25, -0.2) is 9.07 Å². The summed E-state index contributed by atoms with van der Waals surface area (Å²) >= 11 is 0. The molecule has 2 aromatic rings. The lowest BCUT2D eigenvalue weighted by Gasteiger charge is -2.11. The van der Waals surface area contributed by atoms with Crippen molar-refractivity contribution in [3.05, 3.63) is 47.5 Å². The maximum Gasteiger partial charge on any atom is 0.419 e. The van der Waals surface area contributed by atoms with E-state index in [4.69, 9.17) is 0 Å². The molecular weight excluding hydrogens is 286 g/mol. The minimum absolute atomic E-state index is 0.233. The van der Waals surface area contributed by atoms with Crippen LogP contribution in [-0.2, 0) is 12.7 Å². The van der Waals surface area contributed by atoms with E-state index in [9.17, 15) is 17.6 Å². The van der Waals surface area contributed by atoms with Crippen LogP contribution in [0.1, 0.15) is 24.5 Å². The van der Waals surface area contributed by atoms with Crippen molar-refractivity contribution in [1.29, 1.82) is 0 Å². The topological polar surface area (TPSA) is 29.9 Å². The Morgan fingerprint density at radius 1 is 1.29 bits per heavy atom. The van der Waals surface area contributed by atoms with Crippen LogP contribution in [0.25, 0.3) is 5.69 Å². The number of alkyl halides is 3. The Labute approximate surface area is 119 Å². The van der Waals surface area contributed by atoms with Crippen molar-refractivity contribution in [3.63, 3.8) is 0 Å². The Morgan fingerprint density at radius 3 is 2.67 bits per heavy atom. The van der Waals surface area contributed by atoms with Crippen molar-refractivity contribution in [2.45, 2.75) is 26.1 Å². The van der Waals surface area contributed by atoms with Crippen molar-refractivity contribution in [1.82, 2.24) is 15.1 Å². The second-order valence-electron chi connectivity index (χ2n) is 4.59. The van der Waals surface area contributed by atoms with Crippen LogP contribution in [0.3, 0.4) is 0 Å². The van der Waals surface area contributed by atoms with Gasteiger partial charge in [0.25, 0.3) is 0 Å². The van der Waals surface area contributed by atoms with Crippen LogP contribution in [0, 0.1) is 5.82 Å². The molecule has 1 aromatic carbocycles. The van der Waals surface area contributed by atoms with Gasteiger partial charge in [0.15, 0.2) is 0 Å². The molecule has 0 spiro atoms. The van der Waals surface area contributed by atoms with Crippen LogP contribution < -0.4 is 5.32 Å². The fourth-order valence-electron chi connectivity index (χ4n) is 1.93. The first kappa shape index (κ1) is 15.5. The van der Waals surface area contributed by atoms with Crippen molar-refractivity contribution in [2.24, 2.45) is 0 Å². The summed E-state index contributed by atoms with van der Waals surface area (Å²) < 4.78 is 52.8. The maximum absolute atomic E-state index is 13.9. The zero-order valence-electron chi connectivity index (χ0n) is 11.4. The molecule has 0 saturated carbocycles. The first-order valence-electron chi connectivity index (χ1n) is 6.54. The van der Waals surface area contributed by atoms with Crippen LogP contribution in [0.15, 0.2) is 30.6 Å². The Morgan fingerprint density at radius 2 is 2.05 bits per heavy atom. The monoisotopic (exact) mass is 301 g/mol. The molecule has 1 heterocycles. The van der Waals surface area contributed by atoms with Gasteiger partial charge in [0, 0.05) is 18.3 Å². The van der Waals surface area contributed by atoms with Gasteiger partial charge in [0.2, 0.25) is 0 Å². The van der Waals surface area contributed by atoms with Crippen LogP contribution in [0.4, 0.5) is 17.6 Å². The Balaban J connectivity index is 2.34. The average Bonchev–Trinajstić information content (AvgIpc) is 2.90. The van der Waals surface area contributed by atoms with Gasteiger partial charge in [0.05, 0.1) is 17.4 Å². The molecule has 0 atom stereocenters. The molecule has 21 heavy (non-hydrogen) atoms. The molecule has 2 rings (SSSR count). The van der Waals surface area contributed by atoms with E-state index in [2.05, 4.69) is 10.4 Å². The van der Waals surface area contributed by atoms with E-state index in [0.29, 0.717) is 17.8 Å². The van der Waals surface area contributed by atoms with Crippen LogP contribution in [0.2, 0.25) is 0 Å². The molecule has 0 aliphatic heterocycles. The van der Waals surface area contributed by atoms with Crippen molar-refractivity contribution in [2.75, 3.05) is 6.54 Å². The highest BCUT2D eigenvalue weighted by Crippen LogP contribution is 2.29. The standard InChI is InChI=1S/C14H15F4N3/c1-2-6-19-8-11-12(15)4-3-5-13(11)21-9-10(7-20-21)14(16,17)18/h3-5,7,9,19H,2,6,8H2,1H3. The van der Waals surface area contributed by atoms with Gasteiger partial charge in [0.1, 0.15) is 5.82 Å². The number of rotatable bonds is 5. The van der Waals surface area contributed by atoms with E-state index in [0.717, 1.165) is 23.5 Å². The van der Waals surface area contributed by atoms with E-state index in [1.165, 1.54) is 12.1 Å². The van der Waals surface area contributed by atoms with E-state index in [-0.39, 0.29) is 6.54 Å². The smallest absolute Gasteiger partial charge is 0.312 e. The van der Waals surface area contributed by atoms with Crippen LogP contribution in [0.5, 0.6) is 0 Å². The molecule has 3 nitrogen and oxygen atoms in total. The highest BCUT2D eigenvalue weighted by molar-refractivity contribution is 5.41. The fraction of sp³-hybridized carbons (Fsp3) is 0.357. The predicted octanol–water partition coefficient (Wildman–Crippen LogP) is 3.53. The SMILES string of the molecule is CCCNCc1c(F)cccc1-n1cc(C(F)(F)F)cn1. The summed E-state index contributed by atoms with van der Waals surface area (Å²) in [4.78, 5) is 0. The number of nitrogens with zero attached hydrogens (tertiary/aromatic N) is 2. The van der Waals surface area contributed by atoms with Gasteiger partial charge in [-0.3, -0.25) is 0 Å². The maximum atomic E-state index is 13.9. The highest BCUT2D eigenvalue weighted by Gasteiger charge is 2.32. The van der Waals surface area contributed by atoms with E-state index in [1.807, 2.05) is 6.92 Å². The zero-order chi connectivity index (χ0) is 15.5. The summed E-state index contributed by atoms with van der Waals surface area (Å²) in [6.45, 7) is 2.90. The summed E-state index contributed by atoms with van der Waals surface area (Å²) in [7, 11) is 0. The second kappa shape index (κ2) is 6.26. The number of hydrogen-bond acceptors (Lipinski definition) is 2. The third-order valence-electron chi connectivity index (χ3n) is 2.98. The Kier molecular flexibility index (Phi) is 4.62. The minimum atomic E-state index is -4.47. The molecule has 1 aromatic heterocycles. The second-order valence-corrected chi connectivity index (χ2v) is 4.59. The summed E-state index contributed by atoms with van der Waals surface area (Å²) in [5, 5.41) is 6.72. The molecule has 114 valence electrons. The van der Waals surface area contributed by atoms with Crippen molar-refractivity contribution >= 4 is 0 Å². The quantitative estimate of drug-likeness (QED) is 0.676. The van der Waals surface area contributed by atoms with Gasteiger partial charge in [-0.1, -0.05) is 13.0 Å². The van der Waals surface area contributed by atoms with E-state index < -0.39 is 17.6 Å². The van der Waals surface area contributed by atoms with Gasteiger partial charge in [-0.2, -0.15) is 18.3 Å². The third-order valence-corrected chi connectivity index (χ3v) is 2.98. The third kappa shape index (κ3) is 3.60. The van der Waals surface area contributed by atoms with Crippen molar-refractivity contribution in [3.8, 4) is 5.69 Å². The summed E-state index contributed by atoms with van der Waals surface area (Å²) in [5.41, 5.74) is -0.267. The minimum Gasteiger partial charge on any atom is -0.312 e. The number of nitrogens with one attached hydrogen (secondary N) is 1. The largest absolute Gasteiger partial charge is 0.419 e. The highest BCUT2D eigenvalue weighted by atomic mass is 19.4. The van der Waals surface area contributed by atoms with Crippen molar-refractivity contribution < 1.29 is 17.6 Å². The predicted molar refractivity (Wildman–Crippen MR) is 70.5 cm³/mol. The number of halogens is 4. The number of benzene rings is 1. The van der Waals surface area contributed by atoms with Crippen LogP contribution in [-0.4, -0.2) is 16.3 Å². The zero-order valence-corrected chi connectivity index (χ0v) is 11.4. The lowest BCUT2D eigenvalue weighted by atomic mass is 10.1. The molecule has 1 N–H and O–H groups in total. The summed E-state index contributed by atoms with van der Waals surface area (Å²) in [5.74, 6) is -0.472. The van der Waals surface area contributed by atoms with Gasteiger partial charge in [-0.05, 0) is 25.1 Å². The van der Waals surface area contributed by atoms with E-state index >= 15 is 0 Å². The first-order valence-corrected chi connectivity index (χ1v) is 6.54. The Bertz CT molecular complexity index is 605. The molecule has 0 amide bonds. The molecule has 7 heteroatoms. The lowest BCUT2D eigenvalue weighted by Crippen LogP contribution is -2.17. The lowest BCUT2D eigenvalue weighted by molar-refractivity contribution is -0.137. The summed E-state index contributed by atoms with van der Waals surface area (Å²) in [6.07, 6.45) is -2.00. The Hall–Kier alpha value is -1.89. The van der Waals surface area contributed by atoms with E-state index in [1.54, 1.807) is 6.07 Å². The van der Waals surface area contributed by atoms with Gasteiger partial charge < -0.3 is 5.32 Å². The average molecular weight is 301 g/mol. The molecule has 0 bridgehead atoms. The molecule has 0 aliphatic rings. The molecule has 0 aliphatic carbocycles. The van der Waals surface area contributed by atoms with Gasteiger partial charge >= 0.3 is 6.18 Å². The molecule has 0 unspecified atom stereocenters. The van der Waals surface area contributed by atoms with Crippen LogP contribution >= 0.6 is 0 Å². The molecular formula is C14H15F4N3. The number of hydrogen-bond donors (Lipinski definition) is 1. The fourth-order valence-corrected chi connectivity index (χ4v) is 1.93. The number of aromatic nitrogens is 2. The van der Waals surface area contributed by atoms with Gasteiger partial charge in [-0.15, -0.1) is 0 Å².